The van der Waals surface area contributed by atoms with Crippen LogP contribution in [0.5, 0.6) is 0 Å². The predicted octanol–water partition coefficient (Wildman–Crippen LogP) is 2.49. The highest BCUT2D eigenvalue weighted by Gasteiger charge is 2.58. The largest absolute Gasteiger partial charge is 0.481 e. The Bertz CT molecular complexity index is 444. The molecule has 3 aliphatic rings. The van der Waals surface area contributed by atoms with E-state index in [1.165, 1.54) is 38.5 Å². The van der Waals surface area contributed by atoms with E-state index in [4.69, 9.17) is 10.8 Å². The number of rotatable bonds is 6. The van der Waals surface area contributed by atoms with Crippen LogP contribution < -0.4 is 5.73 Å². The van der Waals surface area contributed by atoms with Crippen LogP contribution in [-0.2, 0) is 9.59 Å². The molecular formula is C17H27NO4. The SMILES string of the molecule is NC(CCC1C2CCCC1CCC2)(C(=O)O)C1CC1C(=O)O. The van der Waals surface area contributed by atoms with Crippen molar-refractivity contribution in [1.82, 2.24) is 0 Å². The first-order valence-electron chi connectivity index (χ1n) is 8.68. The molecule has 3 unspecified atom stereocenters. The van der Waals surface area contributed by atoms with Gasteiger partial charge in [-0.15, -0.1) is 0 Å². The summed E-state index contributed by atoms with van der Waals surface area (Å²) in [6.07, 6.45) is 9.38. The lowest BCUT2D eigenvalue weighted by atomic mass is 9.62. The van der Waals surface area contributed by atoms with Crippen molar-refractivity contribution in [2.45, 2.75) is 63.3 Å². The standard InChI is InChI=1S/C17H27NO4/c18-17(16(21)22,14-9-13(14)15(19)20)8-7-12-10-3-1-4-11(12)6-2-5-10/h10-14H,1-9,18H2,(H,19,20)(H,21,22). The molecule has 0 saturated heterocycles. The van der Waals surface area contributed by atoms with E-state index in [0.29, 0.717) is 18.8 Å². The molecule has 3 saturated carbocycles. The van der Waals surface area contributed by atoms with Crippen molar-refractivity contribution in [3.63, 3.8) is 0 Å². The second kappa shape index (κ2) is 5.84. The molecule has 3 fully saturated rings. The number of hydrogen-bond donors (Lipinski definition) is 3. The van der Waals surface area contributed by atoms with E-state index in [-0.39, 0.29) is 0 Å². The first-order valence-corrected chi connectivity index (χ1v) is 8.68. The molecule has 0 aliphatic heterocycles. The Balaban J connectivity index is 1.65. The lowest BCUT2D eigenvalue weighted by Gasteiger charge is -2.43. The van der Waals surface area contributed by atoms with E-state index in [1.807, 2.05) is 0 Å². The van der Waals surface area contributed by atoms with Gasteiger partial charge >= 0.3 is 11.9 Å². The highest BCUT2D eigenvalue weighted by Crippen LogP contribution is 2.51. The quantitative estimate of drug-likeness (QED) is 0.700. The summed E-state index contributed by atoms with van der Waals surface area (Å²) in [5.41, 5.74) is 4.83. The molecule has 0 aromatic carbocycles. The number of carboxylic acid groups (broad SMARTS) is 2. The van der Waals surface area contributed by atoms with Crippen molar-refractivity contribution in [3.05, 3.63) is 0 Å². The number of carboxylic acids is 2. The topological polar surface area (TPSA) is 101 Å². The highest BCUT2D eigenvalue weighted by atomic mass is 16.4. The molecule has 22 heavy (non-hydrogen) atoms. The van der Waals surface area contributed by atoms with Gasteiger partial charge in [-0.25, -0.2) is 0 Å². The fraction of sp³-hybridized carbons (Fsp3) is 0.882. The Morgan fingerprint density at radius 1 is 1.05 bits per heavy atom. The minimum Gasteiger partial charge on any atom is -0.481 e. The van der Waals surface area contributed by atoms with Crippen molar-refractivity contribution >= 4 is 11.9 Å². The molecule has 4 N–H and O–H groups in total. The van der Waals surface area contributed by atoms with Crippen LogP contribution in [0.2, 0.25) is 0 Å². The van der Waals surface area contributed by atoms with Gasteiger partial charge in [0.1, 0.15) is 5.54 Å². The average Bonchev–Trinajstić information content (AvgIpc) is 3.25. The van der Waals surface area contributed by atoms with Crippen LogP contribution in [-0.4, -0.2) is 27.7 Å². The molecule has 2 bridgehead atoms. The van der Waals surface area contributed by atoms with Crippen molar-refractivity contribution in [2.24, 2.45) is 35.3 Å². The van der Waals surface area contributed by atoms with Gasteiger partial charge < -0.3 is 15.9 Å². The minimum atomic E-state index is -1.35. The molecule has 5 heteroatoms. The van der Waals surface area contributed by atoms with E-state index < -0.39 is 29.3 Å². The van der Waals surface area contributed by atoms with Gasteiger partial charge in [-0.2, -0.15) is 0 Å². The Morgan fingerprint density at radius 3 is 2.00 bits per heavy atom. The minimum absolute atomic E-state index is 0.397. The van der Waals surface area contributed by atoms with Crippen LogP contribution in [0.15, 0.2) is 0 Å². The normalized spacial score (nSPS) is 39.8. The molecule has 0 amide bonds. The van der Waals surface area contributed by atoms with Gasteiger partial charge in [0.2, 0.25) is 0 Å². The van der Waals surface area contributed by atoms with Crippen molar-refractivity contribution < 1.29 is 19.8 Å². The number of fused-ring (bicyclic) bond motifs is 2. The lowest BCUT2D eigenvalue weighted by molar-refractivity contribution is -0.145. The second-order valence-electron chi connectivity index (χ2n) is 7.72. The van der Waals surface area contributed by atoms with E-state index in [2.05, 4.69) is 0 Å². The molecule has 0 aromatic heterocycles. The first kappa shape index (κ1) is 15.8. The third-order valence-corrected chi connectivity index (χ3v) is 6.57. The van der Waals surface area contributed by atoms with Crippen molar-refractivity contribution in [2.75, 3.05) is 0 Å². The monoisotopic (exact) mass is 309 g/mol. The molecule has 3 atom stereocenters. The summed E-state index contributed by atoms with van der Waals surface area (Å²) < 4.78 is 0. The third kappa shape index (κ3) is 2.75. The second-order valence-corrected chi connectivity index (χ2v) is 7.72. The fourth-order valence-corrected chi connectivity index (χ4v) is 5.18. The van der Waals surface area contributed by atoms with Crippen LogP contribution in [0.25, 0.3) is 0 Å². The predicted molar refractivity (Wildman–Crippen MR) is 81.2 cm³/mol. The molecule has 0 aromatic rings. The van der Waals surface area contributed by atoms with Gasteiger partial charge in [0.25, 0.3) is 0 Å². The van der Waals surface area contributed by atoms with Crippen LogP contribution >= 0.6 is 0 Å². The summed E-state index contributed by atoms with van der Waals surface area (Å²) in [4.78, 5) is 22.7. The summed E-state index contributed by atoms with van der Waals surface area (Å²) in [5, 5.41) is 18.6. The summed E-state index contributed by atoms with van der Waals surface area (Å²) in [6, 6.07) is 0. The third-order valence-electron chi connectivity index (χ3n) is 6.57. The van der Waals surface area contributed by atoms with Crippen LogP contribution in [0.4, 0.5) is 0 Å². The number of nitrogens with two attached hydrogens (primary N) is 1. The Hall–Kier alpha value is -1.10. The Morgan fingerprint density at radius 2 is 1.59 bits per heavy atom. The van der Waals surface area contributed by atoms with Gasteiger partial charge in [-0.1, -0.05) is 38.5 Å². The molecule has 3 aliphatic carbocycles. The van der Waals surface area contributed by atoms with Crippen molar-refractivity contribution in [1.29, 1.82) is 0 Å². The molecule has 0 spiro atoms. The lowest BCUT2D eigenvalue weighted by Crippen LogP contribution is -2.51. The van der Waals surface area contributed by atoms with Gasteiger partial charge in [0.15, 0.2) is 0 Å². The van der Waals surface area contributed by atoms with E-state index in [9.17, 15) is 14.7 Å². The van der Waals surface area contributed by atoms with Gasteiger partial charge in [-0.05, 0) is 37.0 Å². The fourth-order valence-electron chi connectivity index (χ4n) is 5.18. The molecule has 3 rings (SSSR count). The molecule has 0 heterocycles. The molecule has 0 radical (unpaired) electrons. The van der Waals surface area contributed by atoms with E-state index >= 15 is 0 Å². The van der Waals surface area contributed by atoms with Crippen LogP contribution in [0.3, 0.4) is 0 Å². The average molecular weight is 309 g/mol. The summed E-state index contributed by atoms with van der Waals surface area (Å²) in [7, 11) is 0. The number of hydrogen-bond acceptors (Lipinski definition) is 3. The van der Waals surface area contributed by atoms with Gasteiger partial charge in [-0.3, -0.25) is 9.59 Å². The van der Waals surface area contributed by atoms with Crippen molar-refractivity contribution in [3.8, 4) is 0 Å². The van der Waals surface area contributed by atoms with Crippen LogP contribution in [0, 0.1) is 29.6 Å². The zero-order valence-electron chi connectivity index (χ0n) is 13.0. The summed E-state index contributed by atoms with van der Waals surface area (Å²) in [5.74, 6) is -0.817. The summed E-state index contributed by atoms with van der Waals surface area (Å²) >= 11 is 0. The maximum Gasteiger partial charge on any atom is 0.323 e. The van der Waals surface area contributed by atoms with Gasteiger partial charge in [0.05, 0.1) is 5.92 Å². The molecule has 5 nitrogen and oxygen atoms in total. The number of carbonyl (C=O) groups is 2. The Labute approximate surface area is 131 Å². The molecular weight excluding hydrogens is 282 g/mol. The van der Waals surface area contributed by atoms with Crippen LogP contribution in [0.1, 0.15) is 57.8 Å². The van der Waals surface area contributed by atoms with Gasteiger partial charge in [0, 0.05) is 5.92 Å². The first-order chi connectivity index (χ1) is 10.4. The zero-order valence-corrected chi connectivity index (χ0v) is 13.0. The number of aliphatic carboxylic acids is 2. The summed E-state index contributed by atoms with van der Waals surface area (Å²) in [6.45, 7) is 0. The van der Waals surface area contributed by atoms with E-state index in [1.54, 1.807) is 0 Å². The highest BCUT2D eigenvalue weighted by molar-refractivity contribution is 5.83. The maximum absolute atomic E-state index is 11.7. The Kier molecular flexibility index (Phi) is 4.19. The zero-order chi connectivity index (χ0) is 15.9. The maximum atomic E-state index is 11.7. The smallest absolute Gasteiger partial charge is 0.323 e. The molecule has 124 valence electrons. The van der Waals surface area contributed by atoms with E-state index in [0.717, 1.165) is 18.3 Å².